The lowest BCUT2D eigenvalue weighted by Gasteiger charge is -2.19. The Hall–Kier alpha value is -2.29. The van der Waals surface area contributed by atoms with Crippen LogP contribution in [0.2, 0.25) is 0 Å². The molecule has 22 heavy (non-hydrogen) atoms. The van der Waals surface area contributed by atoms with Gasteiger partial charge < -0.3 is 10.1 Å². The first-order valence-corrected chi connectivity index (χ1v) is 7.55. The number of amides is 1. The van der Waals surface area contributed by atoms with Gasteiger partial charge in [0, 0.05) is 11.3 Å². The molecule has 2 aromatic rings. The number of benzene rings is 2. The summed E-state index contributed by atoms with van der Waals surface area (Å²) < 4.78 is 5.38. The average molecular weight is 297 g/mol. The molecule has 3 heteroatoms. The molecule has 0 fully saturated rings. The highest BCUT2D eigenvalue weighted by Crippen LogP contribution is 2.22. The Morgan fingerprint density at radius 2 is 1.59 bits per heavy atom. The summed E-state index contributed by atoms with van der Waals surface area (Å²) in [5.74, 6) is 0.694. The van der Waals surface area contributed by atoms with Crippen LogP contribution in [0, 0.1) is 0 Å². The normalized spacial score (nSPS) is 11.1. The second-order valence-corrected chi connectivity index (χ2v) is 6.24. The van der Waals surface area contributed by atoms with E-state index in [9.17, 15) is 4.79 Å². The highest BCUT2D eigenvalue weighted by Gasteiger charge is 2.14. The number of anilines is 1. The Morgan fingerprint density at radius 3 is 2.09 bits per heavy atom. The van der Waals surface area contributed by atoms with Gasteiger partial charge >= 0.3 is 0 Å². The maximum absolute atomic E-state index is 12.2. The van der Waals surface area contributed by atoms with E-state index in [0.29, 0.717) is 12.2 Å². The molecule has 116 valence electrons. The molecule has 3 nitrogen and oxygen atoms in total. The topological polar surface area (TPSA) is 38.3 Å². The summed E-state index contributed by atoms with van der Waals surface area (Å²) in [6.07, 6.45) is 0. The van der Waals surface area contributed by atoms with Crippen LogP contribution in [-0.2, 0) is 5.41 Å². The summed E-state index contributed by atoms with van der Waals surface area (Å²) in [5, 5.41) is 2.89. The first-order valence-electron chi connectivity index (χ1n) is 7.55. The third-order valence-corrected chi connectivity index (χ3v) is 3.44. The number of ether oxygens (including phenoxy) is 1. The molecule has 0 radical (unpaired) electrons. The van der Waals surface area contributed by atoms with Gasteiger partial charge in [-0.15, -0.1) is 0 Å². The fraction of sp³-hybridized carbons (Fsp3) is 0.316. The van der Waals surface area contributed by atoms with E-state index in [-0.39, 0.29) is 11.3 Å². The van der Waals surface area contributed by atoms with Gasteiger partial charge in [-0.2, -0.15) is 0 Å². The van der Waals surface area contributed by atoms with Crippen molar-refractivity contribution < 1.29 is 9.53 Å². The van der Waals surface area contributed by atoms with Gasteiger partial charge in [-0.25, -0.2) is 0 Å². The lowest BCUT2D eigenvalue weighted by Crippen LogP contribution is -2.14. The van der Waals surface area contributed by atoms with E-state index >= 15 is 0 Å². The van der Waals surface area contributed by atoms with Crippen molar-refractivity contribution >= 4 is 11.6 Å². The van der Waals surface area contributed by atoms with Crippen LogP contribution in [0.4, 0.5) is 5.69 Å². The van der Waals surface area contributed by atoms with Crippen molar-refractivity contribution in [2.75, 3.05) is 11.9 Å². The van der Waals surface area contributed by atoms with Crippen molar-refractivity contribution in [2.45, 2.75) is 33.1 Å². The average Bonchev–Trinajstić information content (AvgIpc) is 2.49. The largest absolute Gasteiger partial charge is 0.494 e. The van der Waals surface area contributed by atoms with E-state index in [2.05, 4.69) is 26.1 Å². The van der Waals surface area contributed by atoms with E-state index in [0.717, 1.165) is 11.4 Å². The summed E-state index contributed by atoms with van der Waals surface area (Å²) >= 11 is 0. The predicted octanol–water partition coefficient (Wildman–Crippen LogP) is 4.64. The number of rotatable bonds is 4. The van der Waals surface area contributed by atoms with Crippen molar-refractivity contribution in [2.24, 2.45) is 0 Å². The molecule has 1 N–H and O–H groups in total. The van der Waals surface area contributed by atoms with Crippen LogP contribution in [0.5, 0.6) is 5.75 Å². The first-order chi connectivity index (χ1) is 10.4. The van der Waals surface area contributed by atoms with E-state index in [1.54, 1.807) is 0 Å². The first kappa shape index (κ1) is 16.1. The molecule has 0 saturated carbocycles. The molecule has 0 saturated heterocycles. The fourth-order valence-corrected chi connectivity index (χ4v) is 2.13. The van der Waals surface area contributed by atoms with Crippen molar-refractivity contribution in [1.82, 2.24) is 0 Å². The van der Waals surface area contributed by atoms with Gasteiger partial charge in [-0.05, 0) is 54.3 Å². The Morgan fingerprint density at radius 1 is 1.00 bits per heavy atom. The molecule has 0 spiro atoms. The van der Waals surface area contributed by atoms with Crippen LogP contribution in [0.25, 0.3) is 0 Å². The van der Waals surface area contributed by atoms with Crippen molar-refractivity contribution in [3.63, 3.8) is 0 Å². The summed E-state index contributed by atoms with van der Waals surface area (Å²) in [7, 11) is 0. The van der Waals surface area contributed by atoms with E-state index in [4.69, 9.17) is 4.74 Å². The minimum atomic E-state index is -0.107. The van der Waals surface area contributed by atoms with Crippen molar-refractivity contribution in [1.29, 1.82) is 0 Å². The van der Waals surface area contributed by atoms with Gasteiger partial charge in [0.05, 0.1) is 6.61 Å². The summed E-state index contributed by atoms with van der Waals surface area (Å²) in [4.78, 5) is 12.2. The molecule has 0 unspecified atom stereocenters. The molecule has 0 atom stereocenters. The minimum Gasteiger partial charge on any atom is -0.494 e. The van der Waals surface area contributed by atoms with E-state index in [1.165, 1.54) is 5.56 Å². The summed E-state index contributed by atoms with van der Waals surface area (Å²) in [6.45, 7) is 9.04. The highest BCUT2D eigenvalue weighted by molar-refractivity contribution is 6.04. The van der Waals surface area contributed by atoms with Gasteiger partial charge in [0.2, 0.25) is 0 Å². The van der Waals surface area contributed by atoms with Crippen molar-refractivity contribution in [3.05, 3.63) is 59.7 Å². The molecule has 0 aliphatic rings. The third kappa shape index (κ3) is 4.10. The zero-order valence-corrected chi connectivity index (χ0v) is 13.6. The molecular formula is C19H23NO2. The van der Waals surface area contributed by atoms with E-state index in [1.807, 2.05) is 55.5 Å². The molecule has 0 aromatic heterocycles. The standard InChI is InChI=1S/C19H23NO2/c1-5-22-17-12-10-16(11-13-17)20-18(21)14-6-8-15(9-7-14)19(2,3)4/h6-13H,5H2,1-4H3,(H,20,21). The highest BCUT2D eigenvalue weighted by atomic mass is 16.5. The van der Waals surface area contributed by atoms with Crippen LogP contribution >= 0.6 is 0 Å². The van der Waals surface area contributed by atoms with Crippen LogP contribution in [0.1, 0.15) is 43.6 Å². The van der Waals surface area contributed by atoms with Crippen LogP contribution < -0.4 is 10.1 Å². The summed E-state index contributed by atoms with van der Waals surface area (Å²) in [5.41, 5.74) is 2.71. The molecule has 2 aromatic carbocycles. The second-order valence-electron chi connectivity index (χ2n) is 6.24. The predicted molar refractivity (Wildman–Crippen MR) is 90.7 cm³/mol. The maximum Gasteiger partial charge on any atom is 0.255 e. The molecule has 0 bridgehead atoms. The van der Waals surface area contributed by atoms with Gasteiger partial charge in [0.15, 0.2) is 0 Å². The lowest BCUT2D eigenvalue weighted by atomic mass is 9.87. The number of nitrogens with one attached hydrogen (secondary N) is 1. The Balaban J connectivity index is 2.05. The van der Waals surface area contributed by atoms with Gasteiger partial charge in [0.25, 0.3) is 5.91 Å². The number of hydrogen-bond acceptors (Lipinski definition) is 2. The number of carbonyl (C=O) groups is 1. The monoisotopic (exact) mass is 297 g/mol. The smallest absolute Gasteiger partial charge is 0.255 e. The Labute approximate surface area is 132 Å². The molecule has 0 aliphatic heterocycles. The van der Waals surface area contributed by atoms with Crippen LogP contribution in [-0.4, -0.2) is 12.5 Å². The molecule has 0 aliphatic carbocycles. The van der Waals surface area contributed by atoms with Gasteiger partial charge in [0.1, 0.15) is 5.75 Å². The Kier molecular flexibility index (Phi) is 4.86. The zero-order chi connectivity index (χ0) is 16.2. The summed E-state index contributed by atoms with van der Waals surface area (Å²) in [6, 6.07) is 15.1. The minimum absolute atomic E-state index is 0.0874. The molecule has 1 amide bonds. The molecule has 2 rings (SSSR count). The number of carbonyl (C=O) groups excluding carboxylic acids is 1. The second kappa shape index (κ2) is 6.65. The van der Waals surface area contributed by atoms with Gasteiger partial charge in [-0.3, -0.25) is 4.79 Å². The zero-order valence-electron chi connectivity index (χ0n) is 13.6. The molecular weight excluding hydrogens is 274 g/mol. The quantitative estimate of drug-likeness (QED) is 0.893. The fourth-order valence-electron chi connectivity index (χ4n) is 2.13. The van der Waals surface area contributed by atoms with Crippen LogP contribution in [0.15, 0.2) is 48.5 Å². The maximum atomic E-state index is 12.2. The Bertz CT molecular complexity index is 622. The van der Waals surface area contributed by atoms with E-state index < -0.39 is 0 Å². The van der Waals surface area contributed by atoms with Crippen molar-refractivity contribution in [3.8, 4) is 5.75 Å². The SMILES string of the molecule is CCOc1ccc(NC(=O)c2ccc(C(C)(C)C)cc2)cc1. The van der Waals surface area contributed by atoms with Gasteiger partial charge in [-0.1, -0.05) is 32.9 Å². The third-order valence-electron chi connectivity index (χ3n) is 3.44. The lowest BCUT2D eigenvalue weighted by molar-refractivity contribution is 0.102. The molecule has 0 heterocycles. The number of hydrogen-bond donors (Lipinski definition) is 1. The van der Waals surface area contributed by atoms with Crippen LogP contribution in [0.3, 0.4) is 0 Å².